The van der Waals surface area contributed by atoms with Crippen molar-refractivity contribution in [3.05, 3.63) is 21.9 Å². The molecule has 2 unspecified atom stereocenters. The summed E-state index contributed by atoms with van der Waals surface area (Å²) in [5.41, 5.74) is 7.30. The van der Waals surface area contributed by atoms with E-state index < -0.39 is 0 Å². The Morgan fingerprint density at radius 3 is 3.00 bits per heavy atom. The van der Waals surface area contributed by atoms with Gasteiger partial charge in [-0.3, -0.25) is 0 Å². The van der Waals surface area contributed by atoms with E-state index in [1.165, 1.54) is 10.4 Å². The quantitative estimate of drug-likeness (QED) is 0.809. The molecule has 2 N–H and O–H groups in total. The Morgan fingerprint density at radius 2 is 2.43 bits per heavy atom. The predicted molar refractivity (Wildman–Crippen MR) is 56.5 cm³/mol. The smallest absolute Gasteiger partial charge is 0.100 e. The van der Waals surface area contributed by atoms with Crippen molar-refractivity contribution >= 4 is 11.3 Å². The number of nitrogens with two attached hydrogens (primary N) is 1. The van der Waals surface area contributed by atoms with E-state index in [0.717, 1.165) is 0 Å². The molecule has 0 aromatic carbocycles. The summed E-state index contributed by atoms with van der Waals surface area (Å²) in [6.07, 6.45) is 0.0112. The molecule has 1 aliphatic rings. The normalized spacial score (nSPS) is 24.9. The van der Waals surface area contributed by atoms with E-state index in [2.05, 4.69) is 18.4 Å². The van der Waals surface area contributed by atoms with Crippen LogP contribution in [0.1, 0.15) is 16.5 Å². The van der Waals surface area contributed by atoms with Crippen molar-refractivity contribution in [2.45, 2.75) is 19.1 Å². The molecule has 2 heterocycles. The topological polar surface area (TPSA) is 44.5 Å². The highest BCUT2D eigenvalue weighted by molar-refractivity contribution is 7.10. The summed E-state index contributed by atoms with van der Waals surface area (Å²) in [5.74, 6) is 0. The van der Waals surface area contributed by atoms with Crippen LogP contribution in [0.25, 0.3) is 0 Å². The summed E-state index contributed by atoms with van der Waals surface area (Å²) < 4.78 is 10.9. The van der Waals surface area contributed by atoms with Crippen LogP contribution in [0.4, 0.5) is 0 Å². The molecular weight excluding hydrogens is 198 g/mol. The maximum Gasteiger partial charge on any atom is 0.100 e. The van der Waals surface area contributed by atoms with Crippen LogP contribution in [-0.4, -0.2) is 25.9 Å². The predicted octanol–water partition coefficient (Wildman–Crippen LogP) is 1.47. The average molecular weight is 213 g/mol. The lowest BCUT2D eigenvalue weighted by molar-refractivity contribution is -0.0975. The molecule has 2 atom stereocenters. The summed E-state index contributed by atoms with van der Waals surface area (Å²) in [6.45, 7) is 4.04. The Balaban J connectivity index is 2.07. The molecule has 1 aliphatic heterocycles. The first-order valence-electron chi connectivity index (χ1n) is 4.78. The van der Waals surface area contributed by atoms with Gasteiger partial charge in [-0.1, -0.05) is 0 Å². The molecule has 0 amide bonds. The largest absolute Gasteiger partial charge is 0.376 e. The molecular formula is C10H15NO2S. The minimum Gasteiger partial charge on any atom is -0.376 e. The van der Waals surface area contributed by atoms with Gasteiger partial charge in [0.25, 0.3) is 0 Å². The molecule has 2 rings (SSSR count). The summed E-state index contributed by atoms with van der Waals surface area (Å²) in [4.78, 5) is 1.27. The highest BCUT2D eigenvalue weighted by Crippen LogP contribution is 2.25. The minimum atomic E-state index is -0.0541. The summed E-state index contributed by atoms with van der Waals surface area (Å²) in [5, 5.41) is 2.06. The van der Waals surface area contributed by atoms with Crippen molar-refractivity contribution in [3.63, 3.8) is 0 Å². The van der Waals surface area contributed by atoms with Gasteiger partial charge in [0.1, 0.15) is 6.10 Å². The molecule has 14 heavy (non-hydrogen) atoms. The third kappa shape index (κ3) is 1.98. The van der Waals surface area contributed by atoms with Gasteiger partial charge in [-0.05, 0) is 23.9 Å². The second kappa shape index (κ2) is 4.40. The molecule has 1 fully saturated rings. The third-order valence-electron chi connectivity index (χ3n) is 2.50. The second-order valence-corrected chi connectivity index (χ2v) is 4.56. The fourth-order valence-electron chi connectivity index (χ4n) is 1.65. The fraction of sp³-hybridized carbons (Fsp3) is 0.600. The van der Waals surface area contributed by atoms with Gasteiger partial charge in [0, 0.05) is 4.88 Å². The van der Waals surface area contributed by atoms with Gasteiger partial charge in [0.05, 0.1) is 25.9 Å². The molecule has 0 saturated carbocycles. The van der Waals surface area contributed by atoms with Gasteiger partial charge in [-0.25, -0.2) is 0 Å². The Kier molecular flexibility index (Phi) is 3.18. The van der Waals surface area contributed by atoms with Crippen molar-refractivity contribution in [1.29, 1.82) is 0 Å². The summed E-state index contributed by atoms with van der Waals surface area (Å²) in [7, 11) is 0. The molecule has 78 valence electrons. The van der Waals surface area contributed by atoms with Gasteiger partial charge in [-0.15, -0.1) is 11.3 Å². The molecule has 1 aromatic heterocycles. The maximum absolute atomic E-state index is 6.12. The third-order valence-corrected chi connectivity index (χ3v) is 3.36. The van der Waals surface area contributed by atoms with E-state index in [9.17, 15) is 0 Å². The lowest BCUT2D eigenvalue weighted by Crippen LogP contribution is -2.37. The van der Waals surface area contributed by atoms with Gasteiger partial charge in [0.15, 0.2) is 0 Å². The highest BCUT2D eigenvalue weighted by atomic mass is 32.1. The zero-order chi connectivity index (χ0) is 9.97. The molecule has 0 aliphatic carbocycles. The Morgan fingerprint density at radius 1 is 1.57 bits per heavy atom. The number of hydrogen-bond donors (Lipinski definition) is 1. The van der Waals surface area contributed by atoms with E-state index in [0.29, 0.717) is 19.8 Å². The van der Waals surface area contributed by atoms with Crippen LogP contribution in [-0.2, 0) is 9.47 Å². The van der Waals surface area contributed by atoms with Crippen LogP contribution in [0.3, 0.4) is 0 Å². The van der Waals surface area contributed by atoms with E-state index in [1.807, 2.05) is 0 Å². The Bertz CT molecular complexity index is 294. The van der Waals surface area contributed by atoms with Crippen molar-refractivity contribution in [2.24, 2.45) is 5.73 Å². The van der Waals surface area contributed by atoms with Crippen molar-refractivity contribution in [1.82, 2.24) is 0 Å². The van der Waals surface area contributed by atoms with Crippen LogP contribution >= 0.6 is 11.3 Å². The molecule has 0 bridgehead atoms. The second-order valence-electron chi connectivity index (χ2n) is 3.44. The van der Waals surface area contributed by atoms with Gasteiger partial charge in [-0.2, -0.15) is 0 Å². The number of ether oxygens (including phenoxy) is 2. The number of rotatable bonds is 2. The minimum absolute atomic E-state index is 0.0112. The molecule has 0 spiro atoms. The van der Waals surface area contributed by atoms with Crippen LogP contribution < -0.4 is 5.73 Å². The maximum atomic E-state index is 6.12. The van der Waals surface area contributed by atoms with E-state index in [-0.39, 0.29) is 12.1 Å². The first-order chi connectivity index (χ1) is 6.79. The Labute approximate surface area is 87.8 Å². The van der Waals surface area contributed by atoms with Crippen LogP contribution in [0.15, 0.2) is 11.4 Å². The molecule has 0 radical (unpaired) electrons. The standard InChI is InChI=1S/C10H15NO2S/c1-7-8(2-5-14-7)10(11)9-6-12-3-4-13-9/h2,5,9-10H,3-4,6,11H2,1H3. The zero-order valence-electron chi connectivity index (χ0n) is 8.23. The Hall–Kier alpha value is -0.420. The first-order valence-corrected chi connectivity index (χ1v) is 5.66. The van der Waals surface area contributed by atoms with E-state index in [4.69, 9.17) is 15.2 Å². The average Bonchev–Trinajstić information content (AvgIpc) is 2.65. The fourth-order valence-corrected chi connectivity index (χ4v) is 2.41. The lowest BCUT2D eigenvalue weighted by Gasteiger charge is -2.28. The van der Waals surface area contributed by atoms with Gasteiger partial charge >= 0.3 is 0 Å². The molecule has 3 nitrogen and oxygen atoms in total. The van der Waals surface area contributed by atoms with E-state index in [1.54, 1.807) is 11.3 Å². The highest BCUT2D eigenvalue weighted by Gasteiger charge is 2.24. The van der Waals surface area contributed by atoms with Crippen molar-refractivity contribution in [3.8, 4) is 0 Å². The molecule has 1 saturated heterocycles. The molecule has 4 heteroatoms. The van der Waals surface area contributed by atoms with Crippen LogP contribution in [0.5, 0.6) is 0 Å². The van der Waals surface area contributed by atoms with Gasteiger partial charge < -0.3 is 15.2 Å². The summed E-state index contributed by atoms with van der Waals surface area (Å²) >= 11 is 1.72. The van der Waals surface area contributed by atoms with Crippen molar-refractivity contribution in [2.75, 3.05) is 19.8 Å². The first kappa shape index (κ1) is 10.1. The van der Waals surface area contributed by atoms with Gasteiger partial charge in [0.2, 0.25) is 0 Å². The number of hydrogen-bond acceptors (Lipinski definition) is 4. The van der Waals surface area contributed by atoms with Crippen LogP contribution in [0.2, 0.25) is 0 Å². The summed E-state index contributed by atoms with van der Waals surface area (Å²) in [6, 6.07) is 2.02. The number of thiophene rings is 1. The molecule has 1 aromatic rings. The SMILES string of the molecule is Cc1sccc1C(N)C1COCCO1. The number of aryl methyl sites for hydroxylation is 1. The zero-order valence-corrected chi connectivity index (χ0v) is 9.05. The monoisotopic (exact) mass is 213 g/mol. The van der Waals surface area contributed by atoms with E-state index >= 15 is 0 Å². The van der Waals surface area contributed by atoms with Crippen molar-refractivity contribution < 1.29 is 9.47 Å². The van der Waals surface area contributed by atoms with Crippen LogP contribution in [0, 0.1) is 6.92 Å². The lowest BCUT2D eigenvalue weighted by atomic mass is 10.0.